The molecule has 2 N–H and O–H groups in total. The molecule has 3 nitrogen and oxygen atoms in total. The molecule has 4 heteroatoms. The lowest BCUT2D eigenvalue weighted by molar-refractivity contribution is 0.103. The molecule has 0 fully saturated rings. The van der Waals surface area contributed by atoms with E-state index in [0.29, 0.717) is 11.1 Å². The molecule has 0 saturated heterocycles. The molecule has 0 saturated carbocycles. The number of carbonyl (C=O) groups excluding carboxylic acids is 1. The second-order valence-electron chi connectivity index (χ2n) is 6.67. The third-order valence-corrected chi connectivity index (χ3v) is 6.08. The summed E-state index contributed by atoms with van der Waals surface area (Å²) in [7, 11) is 1.64. The third-order valence-electron chi connectivity index (χ3n) is 4.72. The fourth-order valence-electron chi connectivity index (χ4n) is 2.78. The van der Waals surface area contributed by atoms with Crippen molar-refractivity contribution in [2.75, 3.05) is 12.9 Å². The van der Waals surface area contributed by atoms with Gasteiger partial charge in [0.25, 0.3) is 0 Å². The second kappa shape index (κ2) is 9.79. The number of unbranched alkanes of at least 4 members (excludes halogenated alkanes) is 1. The lowest BCUT2D eigenvalue weighted by Gasteiger charge is -2.28. The lowest BCUT2D eigenvalue weighted by atomic mass is 9.93. The van der Waals surface area contributed by atoms with Crippen molar-refractivity contribution in [3.8, 4) is 5.75 Å². The van der Waals surface area contributed by atoms with E-state index in [0.717, 1.165) is 42.1 Å². The maximum atomic E-state index is 12.9. The molecule has 2 rings (SSSR count). The molecule has 0 aliphatic carbocycles. The predicted molar refractivity (Wildman–Crippen MR) is 110 cm³/mol. The number of ketones is 1. The van der Waals surface area contributed by atoms with Crippen LogP contribution < -0.4 is 10.5 Å². The molecule has 0 aromatic heterocycles. The summed E-state index contributed by atoms with van der Waals surface area (Å²) in [5.74, 6) is 1.57. The average molecular weight is 372 g/mol. The van der Waals surface area contributed by atoms with Crippen molar-refractivity contribution in [2.45, 2.75) is 50.0 Å². The molecule has 1 unspecified atom stereocenters. The van der Waals surface area contributed by atoms with Gasteiger partial charge in [-0.05, 0) is 31.0 Å². The molecule has 2 aromatic rings. The van der Waals surface area contributed by atoms with Crippen molar-refractivity contribution < 1.29 is 9.53 Å². The van der Waals surface area contributed by atoms with Crippen LogP contribution in [0.1, 0.15) is 55.5 Å². The van der Waals surface area contributed by atoms with E-state index < -0.39 is 0 Å². The summed E-state index contributed by atoms with van der Waals surface area (Å²) in [6.45, 7) is 4.32. The Hall–Kier alpha value is -1.78. The normalized spacial score (nSPS) is 13.2. The molecule has 2 aromatic carbocycles. The van der Waals surface area contributed by atoms with Gasteiger partial charge in [-0.1, -0.05) is 57.0 Å². The van der Waals surface area contributed by atoms with Crippen molar-refractivity contribution in [2.24, 2.45) is 5.73 Å². The summed E-state index contributed by atoms with van der Waals surface area (Å²) >= 11 is 1.66. The molecule has 0 aliphatic rings. The fraction of sp³-hybridized carbons (Fsp3) is 0.409. The summed E-state index contributed by atoms with van der Waals surface area (Å²) in [5, 5.41) is 0. The van der Waals surface area contributed by atoms with E-state index in [9.17, 15) is 4.79 Å². The van der Waals surface area contributed by atoms with E-state index in [2.05, 4.69) is 13.8 Å². The fourth-order valence-corrected chi connectivity index (χ4v) is 4.09. The van der Waals surface area contributed by atoms with Crippen molar-refractivity contribution in [1.29, 1.82) is 0 Å². The van der Waals surface area contributed by atoms with Gasteiger partial charge in [-0.15, -0.1) is 11.8 Å². The number of rotatable bonds is 10. The smallest absolute Gasteiger partial charge is 0.194 e. The first-order valence-corrected chi connectivity index (χ1v) is 10.2. The molecule has 26 heavy (non-hydrogen) atoms. The van der Waals surface area contributed by atoms with Gasteiger partial charge >= 0.3 is 0 Å². The van der Waals surface area contributed by atoms with Crippen LogP contribution in [0.2, 0.25) is 0 Å². The van der Waals surface area contributed by atoms with Crippen LogP contribution in [0.3, 0.4) is 0 Å². The van der Waals surface area contributed by atoms with E-state index in [1.165, 1.54) is 0 Å². The molecule has 0 bridgehead atoms. The predicted octanol–water partition coefficient (Wildman–Crippen LogP) is 5.32. The quantitative estimate of drug-likeness (QED) is 0.454. The largest absolute Gasteiger partial charge is 0.497 e. The highest BCUT2D eigenvalue weighted by atomic mass is 32.2. The van der Waals surface area contributed by atoms with Crippen LogP contribution in [-0.2, 0) is 0 Å². The van der Waals surface area contributed by atoms with Crippen molar-refractivity contribution in [1.82, 2.24) is 0 Å². The number of thioether (sulfide) groups is 1. The Balaban J connectivity index is 2.27. The maximum absolute atomic E-state index is 12.9. The van der Waals surface area contributed by atoms with Gasteiger partial charge in [0, 0.05) is 27.3 Å². The Morgan fingerprint density at radius 2 is 1.88 bits per heavy atom. The van der Waals surface area contributed by atoms with Crippen LogP contribution in [-0.4, -0.2) is 24.2 Å². The monoisotopic (exact) mass is 371 g/mol. The summed E-state index contributed by atoms with van der Waals surface area (Å²) in [6.07, 6.45) is 4.18. The number of ether oxygens (including phenoxy) is 1. The van der Waals surface area contributed by atoms with Gasteiger partial charge < -0.3 is 10.5 Å². The Labute approximate surface area is 161 Å². The summed E-state index contributed by atoms with van der Waals surface area (Å²) < 4.78 is 5.36. The number of methoxy groups -OCH3 is 1. The Morgan fingerprint density at radius 3 is 2.50 bits per heavy atom. The third kappa shape index (κ3) is 5.36. The molecule has 0 heterocycles. The molecule has 0 spiro atoms. The first-order valence-electron chi connectivity index (χ1n) is 9.22. The van der Waals surface area contributed by atoms with Gasteiger partial charge in [-0.25, -0.2) is 0 Å². The Bertz CT molecular complexity index is 717. The number of hydrogen-bond donors (Lipinski definition) is 1. The van der Waals surface area contributed by atoms with Gasteiger partial charge in [-0.2, -0.15) is 0 Å². The van der Waals surface area contributed by atoms with Crippen LogP contribution in [0.15, 0.2) is 53.4 Å². The van der Waals surface area contributed by atoms with Crippen LogP contribution in [0, 0.1) is 0 Å². The first-order chi connectivity index (χ1) is 12.5. The number of carbonyl (C=O) groups is 1. The minimum Gasteiger partial charge on any atom is -0.497 e. The van der Waals surface area contributed by atoms with Gasteiger partial charge in [0.05, 0.1) is 7.11 Å². The zero-order valence-electron chi connectivity index (χ0n) is 16.0. The van der Waals surface area contributed by atoms with E-state index in [4.69, 9.17) is 10.5 Å². The van der Waals surface area contributed by atoms with Gasteiger partial charge in [0.2, 0.25) is 0 Å². The Morgan fingerprint density at radius 1 is 1.15 bits per heavy atom. The van der Waals surface area contributed by atoms with E-state index in [-0.39, 0.29) is 11.3 Å². The van der Waals surface area contributed by atoms with Crippen LogP contribution in [0.5, 0.6) is 5.75 Å². The number of benzene rings is 2. The van der Waals surface area contributed by atoms with Crippen LogP contribution in [0.4, 0.5) is 0 Å². The number of hydrogen-bond acceptors (Lipinski definition) is 4. The van der Waals surface area contributed by atoms with Crippen LogP contribution in [0.25, 0.3) is 0 Å². The second-order valence-corrected chi connectivity index (χ2v) is 7.68. The van der Waals surface area contributed by atoms with Crippen molar-refractivity contribution in [3.05, 3.63) is 59.7 Å². The molecule has 0 aliphatic heterocycles. The summed E-state index contributed by atoms with van der Waals surface area (Å²) in [5.41, 5.74) is 7.79. The van der Waals surface area contributed by atoms with Crippen LogP contribution >= 0.6 is 11.8 Å². The van der Waals surface area contributed by atoms with E-state index in [1.54, 1.807) is 18.9 Å². The molecule has 1 atom stereocenters. The molecular formula is C22H29NO2S. The lowest BCUT2D eigenvalue weighted by Crippen LogP contribution is -2.41. The highest BCUT2D eigenvalue weighted by molar-refractivity contribution is 7.99. The van der Waals surface area contributed by atoms with Gasteiger partial charge in [0.15, 0.2) is 5.78 Å². The van der Waals surface area contributed by atoms with Gasteiger partial charge in [-0.3, -0.25) is 4.79 Å². The standard InChI is InChI=1S/C22H29NO2S/c1-4-6-14-22(23,5-2)16-26-20-15-18(25-3)12-13-19(20)21(24)17-10-8-7-9-11-17/h7-13,15H,4-6,14,16,23H2,1-3H3. The summed E-state index contributed by atoms with van der Waals surface area (Å²) in [6, 6.07) is 15.0. The van der Waals surface area contributed by atoms with Gasteiger partial charge in [0.1, 0.15) is 5.75 Å². The molecular weight excluding hydrogens is 342 g/mol. The number of nitrogens with two attached hydrogens (primary N) is 1. The molecule has 140 valence electrons. The zero-order chi connectivity index (χ0) is 19.0. The minimum atomic E-state index is -0.211. The SMILES string of the molecule is CCCCC(N)(CC)CSc1cc(OC)ccc1C(=O)c1ccccc1. The van der Waals surface area contributed by atoms with E-state index in [1.807, 2.05) is 48.5 Å². The minimum absolute atomic E-state index is 0.0310. The summed E-state index contributed by atoms with van der Waals surface area (Å²) in [4.78, 5) is 13.9. The van der Waals surface area contributed by atoms with Crippen molar-refractivity contribution in [3.63, 3.8) is 0 Å². The average Bonchev–Trinajstić information content (AvgIpc) is 2.70. The molecule has 0 radical (unpaired) electrons. The highest BCUT2D eigenvalue weighted by Crippen LogP contribution is 2.32. The molecule has 0 amide bonds. The zero-order valence-corrected chi connectivity index (χ0v) is 16.8. The van der Waals surface area contributed by atoms with E-state index >= 15 is 0 Å². The first kappa shape index (κ1) is 20.5. The maximum Gasteiger partial charge on any atom is 0.194 e. The Kier molecular flexibility index (Phi) is 7.73. The highest BCUT2D eigenvalue weighted by Gasteiger charge is 2.24. The van der Waals surface area contributed by atoms with Crippen molar-refractivity contribution >= 4 is 17.5 Å². The topological polar surface area (TPSA) is 52.3 Å².